The van der Waals surface area contributed by atoms with Crippen molar-refractivity contribution in [3.63, 3.8) is 0 Å². The quantitative estimate of drug-likeness (QED) is 0.785. The normalized spacial score (nSPS) is 11.4. The molecule has 1 heterocycles. The monoisotopic (exact) mass is 193 g/mol. The predicted octanol–water partition coefficient (Wildman–Crippen LogP) is 1.52. The Morgan fingerprint density at radius 1 is 1.36 bits per heavy atom. The molecule has 0 unspecified atom stereocenters. The Kier molecular flexibility index (Phi) is 3.47. The topological polar surface area (TPSA) is 28.2 Å². The fourth-order valence-corrected chi connectivity index (χ4v) is 1.47. The second-order valence-electron chi connectivity index (χ2n) is 4.11. The SMILES string of the molecule is CNCC(C)(C)N(C)c1ccncc1. The van der Waals surface area contributed by atoms with E-state index < -0.39 is 0 Å². The summed E-state index contributed by atoms with van der Waals surface area (Å²) < 4.78 is 0. The summed E-state index contributed by atoms with van der Waals surface area (Å²) in [6, 6.07) is 4.05. The van der Waals surface area contributed by atoms with Gasteiger partial charge in [0.25, 0.3) is 0 Å². The number of likely N-dealkylation sites (N-methyl/N-ethyl adjacent to an activating group) is 2. The maximum atomic E-state index is 4.01. The summed E-state index contributed by atoms with van der Waals surface area (Å²) in [5, 5.41) is 3.20. The molecule has 1 aromatic heterocycles. The largest absolute Gasteiger partial charge is 0.368 e. The highest BCUT2D eigenvalue weighted by Gasteiger charge is 2.22. The van der Waals surface area contributed by atoms with Crippen LogP contribution >= 0.6 is 0 Å². The predicted molar refractivity (Wildman–Crippen MR) is 60.6 cm³/mol. The molecule has 0 saturated carbocycles. The van der Waals surface area contributed by atoms with Crippen molar-refractivity contribution in [3.05, 3.63) is 24.5 Å². The van der Waals surface area contributed by atoms with Gasteiger partial charge in [-0.2, -0.15) is 0 Å². The third-order valence-corrected chi connectivity index (χ3v) is 2.57. The van der Waals surface area contributed by atoms with Crippen LogP contribution in [0.3, 0.4) is 0 Å². The lowest BCUT2D eigenvalue weighted by Gasteiger charge is -2.37. The van der Waals surface area contributed by atoms with Crippen LogP contribution in [0.4, 0.5) is 5.69 Å². The van der Waals surface area contributed by atoms with Gasteiger partial charge in [-0.25, -0.2) is 0 Å². The molecule has 1 rings (SSSR count). The van der Waals surface area contributed by atoms with Gasteiger partial charge >= 0.3 is 0 Å². The Bertz CT molecular complexity index is 269. The van der Waals surface area contributed by atoms with Gasteiger partial charge in [-0.05, 0) is 33.0 Å². The van der Waals surface area contributed by atoms with Gasteiger partial charge in [0.15, 0.2) is 0 Å². The lowest BCUT2D eigenvalue weighted by Crippen LogP contribution is -2.48. The lowest BCUT2D eigenvalue weighted by molar-refractivity contribution is 0.463. The van der Waals surface area contributed by atoms with E-state index in [0.717, 1.165) is 6.54 Å². The highest BCUT2D eigenvalue weighted by molar-refractivity contribution is 5.46. The maximum absolute atomic E-state index is 4.01. The van der Waals surface area contributed by atoms with Crippen molar-refractivity contribution in [2.24, 2.45) is 0 Å². The average Bonchev–Trinajstić information content (AvgIpc) is 2.18. The van der Waals surface area contributed by atoms with Crippen LogP contribution in [-0.2, 0) is 0 Å². The van der Waals surface area contributed by atoms with Crippen molar-refractivity contribution in [1.82, 2.24) is 10.3 Å². The van der Waals surface area contributed by atoms with E-state index in [9.17, 15) is 0 Å². The molecule has 1 aromatic rings. The smallest absolute Gasteiger partial charge is 0.0466 e. The molecule has 0 aromatic carbocycles. The minimum atomic E-state index is 0.107. The Balaban J connectivity index is 2.79. The number of hydrogen-bond donors (Lipinski definition) is 1. The molecule has 0 spiro atoms. The van der Waals surface area contributed by atoms with E-state index in [1.54, 1.807) is 0 Å². The molecule has 0 aliphatic rings. The first-order chi connectivity index (χ1) is 6.58. The van der Waals surface area contributed by atoms with E-state index in [0.29, 0.717) is 0 Å². The van der Waals surface area contributed by atoms with Crippen LogP contribution in [-0.4, -0.2) is 31.2 Å². The minimum Gasteiger partial charge on any atom is -0.368 e. The van der Waals surface area contributed by atoms with Crippen LogP contribution in [0.5, 0.6) is 0 Å². The van der Waals surface area contributed by atoms with E-state index in [-0.39, 0.29) is 5.54 Å². The summed E-state index contributed by atoms with van der Waals surface area (Å²) in [5.74, 6) is 0. The molecule has 1 N–H and O–H groups in total. The number of hydrogen-bond acceptors (Lipinski definition) is 3. The summed E-state index contributed by atoms with van der Waals surface area (Å²) in [6.45, 7) is 5.37. The maximum Gasteiger partial charge on any atom is 0.0466 e. The van der Waals surface area contributed by atoms with E-state index in [4.69, 9.17) is 0 Å². The molecule has 3 heteroatoms. The Hall–Kier alpha value is -1.09. The van der Waals surface area contributed by atoms with Gasteiger partial charge < -0.3 is 10.2 Å². The van der Waals surface area contributed by atoms with Crippen LogP contribution in [0.25, 0.3) is 0 Å². The zero-order valence-electron chi connectivity index (χ0n) is 9.41. The van der Waals surface area contributed by atoms with E-state index >= 15 is 0 Å². The molecule has 0 radical (unpaired) electrons. The van der Waals surface area contributed by atoms with Crippen LogP contribution in [0, 0.1) is 0 Å². The standard InChI is InChI=1S/C11H19N3/c1-11(2,9-12-3)14(4)10-5-7-13-8-6-10/h5-8,12H,9H2,1-4H3. The molecule has 14 heavy (non-hydrogen) atoms. The Morgan fingerprint density at radius 2 is 1.93 bits per heavy atom. The van der Waals surface area contributed by atoms with Crippen LogP contribution in [0.2, 0.25) is 0 Å². The number of nitrogens with one attached hydrogen (secondary N) is 1. The summed E-state index contributed by atoms with van der Waals surface area (Å²) in [4.78, 5) is 6.27. The molecule has 3 nitrogen and oxygen atoms in total. The van der Waals surface area contributed by atoms with Crippen LogP contribution in [0.15, 0.2) is 24.5 Å². The third-order valence-electron chi connectivity index (χ3n) is 2.57. The van der Waals surface area contributed by atoms with Gasteiger partial charge in [0, 0.05) is 37.2 Å². The zero-order valence-corrected chi connectivity index (χ0v) is 9.41. The fourth-order valence-electron chi connectivity index (χ4n) is 1.47. The van der Waals surface area contributed by atoms with Gasteiger partial charge in [0.1, 0.15) is 0 Å². The van der Waals surface area contributed by atoms with Gasteiger partial charge in [-0.1, -0.05) is 0 Å². The minimum absolute atomic E-state index is 0.107. The summed E-state index contributed by atoms with van der Waals surface area (Å²) in [6.07, 6.45) is 3.64. The third kappa shape index (κ3) is 2.45. The van der Waals surface area contributed by atoms with Crippen molar-refractivity contribution in [2.75, 3.05) is 25.5 Å². The number of aromatic nitrogens is 1. The molecule has 0 amide bonds. The number of pyridine rings is 1. The van der Waals surface area contributed by atoms with Gasteiger partial charge in [-0.3, -0.25) is 4.98 Å². The molecule has 78 valence electrons. The van der Waals surface area contributed by atoms with Crippen molar-refractivity contribution < 1.29 is 0 Å². The van der Waals surface area contributed by atoms with Crippen LogP contribution in [0.1, 0.15) is 13.8 Å². The van der Waals surface area contributed by atoms with Gasteiger partial charge in [-0.15, -0.1) is 0 Å². The first-order valence-corrected chi connectivity index (χ1v) is 4.86. The average molecular weight is 193 g/mol. The molecule has 0 aliphatic carbocycles. The van der Waals surface area contributed by atoms with E-state index in [2.05, 4.69) is 36.1 Å². The van der Waals surface area contributed by atoms with Crippen molar-refractivity contribution in [1.29, 1.82) is 0 Å². The van der Waals surface area contributed by atoms with Crippen molar-refractivity contribution >= 4 is 5.69 Å². The van der Waals surface area contributed by atoms with E-state index in [1.165, 1.54) is 5.69 Å². The molecule has 0 aliphatic heterocycles. The lowest BCUT2D eigenvalue weighted by atomic mass is 10.0. The second-order valence-corrected chi connectivity index (χ2v) is 4.11. The van der Waals surface area contributed by atoms with E-state index in [1.807, 2.05) is 31.6 Å². The summed E-state index contributed by atoms with van der Waals surface area (Å²) in [5.41, 5.74) is 1.30. The fraction of sp³-hybridized carbons (Fsp3) is 0.545. The summed E-state index contributed by atoms with van der Waals surface area (Å²) in [7, 11) is 4.08. The highest BCUT2D eigenvalue weighted by atomic mass is 15.2. The number of nitrogens with zero attached hydrogens (tertiary/aromatic N) is 2. The van der Waals surface area contributed by atoms with Gasteiger partial charge in [0.2, 0.25) is 0 Å². The zero-order chi connectivity index (χ0) is 10.6. The molecular weight excluding hydrogens is 174 g/mol. The van der Waals surface area contributed by atoms with Crippen molar-refractivity contribution in [3.8, 4) is 0 Å². The first kappa shape index (κ1) is 11.0. The number of anilines is 1. The molecule has 0 bridgehead atoms. The van der Waals surface area contributed by atoms with Crippen molar-refractivity contribution in [2.45, 2.75) is 19.4 Å². The summed E-state index contributed by atoms with van der Waals surface area (Å²) >= 11 is 0. The van der Waals surface area contributed by atoms with Crippen LogP contribution < -0.4 is 10.2 Å². The van der Waals surface area contributed by atoms with Gasteiger partial charge in [0.05, 0.1) is 0 Å². The molecule has 0 saturated heterocycles. The second kappa shape index (κ2) is 4.42. The highest BCUT2D eigenvalue weighted by Crippen LogP contribution is 2.20. The first-order valence-electron chi connectivity index (χ1n) is 4.86. The molecule has 0 fully saturated rings. The molecule has 0 atom stereocenters. The number of rotatable bonds is 4. The Labute approximate surface area is 86.2 Å². The Morgan fingerprint density at radius 3 is 2.43 bits per heavy atom. The molecular formula is C11H19N3.